The largest absolute Gasteiger partial charge is 0.497 e. The molecule has 0 aromatic heterocycles. The van der Waals surface area contributed by atoms with Gasteiger partial charge in [0.15, 0.2) is 0 Å². The number of sulfonamides is 1. The molecule has 7 heteroatoms. The van der Waals surface area contributed by atoms with Gasteiger partial charge < -0.3 is 14.2 Å². The van der Waals surface area contributed by atoms with Crippen LogP contribution in [0, 0.1) is 0 Å². The Morgan fingerprint density at radius 1 is 0.962 bits per heavy atom. The predicted molar refractivity (Wildman–Crippen MR) is 98.6 cm³/mol. The first kappa shape index (κ1) is 18.5. The standard InChI is InChI=1S/C19H23NO5S/c1-13-17-11-15(23-2)6-5-14(17)9-10-20(13)26(21,22)19-12-16(24-3)7-8-18(19)25-4/h5-8,11-13H,9-10H2,1-4H3. The first-order valence-electron chi connectivity index (χ1n) is 8.33. The van der Waals surface area contributed by atoms with E-state index in [1.165, 1.54) is 24.6 Å². The van der Waals surface area contributed by atoms with Gasteiger partial charge in [-0.2, -0.15) is 4.31 Å². The summed E-state index contributed by atoms with van der Waals surface area (Å²) in [6, 6.07) is 10.3. The number of hydrogen-bond donors (Lipinski definition) is 0. The van der Waals surface area contributed by atoms with Gasteiger partial charge in [-0.05, 0) is 48.7 Å². The van der Waals surface area contributed by atoms with Crippen molar-refractivity contribution in [3.63, 3.8) is 0 Å². The van der Waals surface area contributed by atoms with Crippen LogP contribution in [-0.4, -0.2) is 40.6 Å². The van der Waals surface area contributed by atoms with Gasteiger partial charge in [-0.25, -0.2) is 8.42 Å². The lowest BCUT2D eigenvalue weighted by molar-refractivity contribution is 0.321. The zero-order valence-electron chi connectivity index (χ0n) is 15.4. The topological polar surface area (TPSA) is 65.1 Å². The highest BCUT2D eigenvalue weighted by molar-refractivity contribution is 7.89. The van der Waals surface area contributed by atoms with Crippen molar-refractivity contribution < 1.29 is 22.6 Å². The minimum atomic E-state index is -3.76. The van der Waals surface area contributed by atoms with Crippen LogP contribution in [0.2, 0.25) is 0 Å². The van der Waals surface area contributed by atoms with E-state index in [1.54, 1.807) is 19.2 Å². The van der Waals surface area contributed by atoms with Crippen molar-refractivity contribution in [1.29, 1.82) is 0 Å². The van der Waals surface area contributed by atoms with Gasteiger partial charge in [0.25, 0.3) is 0 Å². The Bertz CT molecular complexity index is 910. The monoisotopic (exact) mass is 377 g/mol. The van der Waals surface area contributed by atoms with Crippen LogP contribution in [0.5, 0.6) is 17.2 Å². The highest BCUT2D eigenvalue weighted by Gasteiger charge is 2.36. The summed E-state index contributed by atoms with van der Waals surface area (Å²) in [5.41, 5.74) is 2.10. The first-order valence-corrected chi connectivity index (χ1v) is 9.77. The van der Waals surface area contributed by atoms with Crippen LogP contribution in [0.3, 0.4) is 0 Å². The molecule has 0 saturated carbocycles. The van der Waals surface area contributed by atoms with E-state index in [4.69, 9.17) is 14.2 Å². The minimum absolute atomic E-state index is 0.109. The molecule has 0 bridgehead atoms. The van der Waals surface area contributed by atoms with Crippen LogP contribution in [0.4, 0.5) is 0 Å². The van der Waals surface area contributed by atoms with Gasteiger partial charge in [-0.3, -0.25) is 0 Å². The molecule has 26 heavy (non-hydrogen) atoms. The summed E-state index contributed by atoms with van der Waals surface area (Å²) in [6.07, 6.45) is 0.648. The SMILES string of the molecule is COc1ccc2c(c1)C(C)N(S(=O)(=O)c1cc(OC)ccc1OC)CC2. The summed E-state index contributed by atoms with van der Waals surface area (Å²) in [5.74, 6) is 1.49. The lowest BCUT2D eigenvalue weighted by atomic mass is 9.95. The number of hydrogen-bond acceptors (Lipinski definition) is 5. The second-order valence-electron chi connectivity index (χ2n) is 6.12. The zero-order valence-corrected chi connectivity index (χ0v) is 16.2. The second kappa shape index (κ2) is 7.17. The normalized spacial score (nSPS) is 17.5. The number of ether oxygens (including phenoxy) is 3. The molecular weight excluding hydrogens is 354 g/mol. The Morgan fingerprint density at radius 2 is 1.62 bits per heavy atom. The third-order valence-electron chi connectivity index (χ3n) is 4.79. The zero-order chi connectivity index (χ0) is 18.9. The second-order valence-corrected chi connectivity index (χ2v) is 7.98. The van der Waals surface area contributed by atoms with Gasteiger partial charge in [-0.15, -0.1) is 0 Å². The molecule has 0 N–H and O–H groups in total. The van der Waals surface area contributed by atoms with Crippen molar-refractivity contribution >= 4 is 10.0 Å². The van der Waals surface area contributed by atoms with Crippen molar-refractivity contribution in [1.82, 2.24) is 4.31 Å². The number of methoxy groups -OCH3 is 3. The van der Waals surface area contributed by atoms with E-state index in [0.717, 1.165) is 11.1 Å². The maximum atomic E-state index is 13.4. The Kier molecular flexibility index (Phi) is 5.11. The van der Waals surface area contributed by atoms with Crippen molar-refractivity contribution in [2.24, 2.45) is 0 Å². The van der Waals surface area contributed by atoms with E-state index in [-0.39, 0.29) is 10.9 Å². The van der Waals surface area contributed by atoms with E-state index in [9.17, 15) is 8.42 Å². The summed E-state index contributed by atoms with van der Waals surface area (Å²) in [5, 5.41) is 0. The van der Waals surface area contributed by atoms with Gasteiger partial charge in [0.1, 0.15) is 22.1 Å². The summed E-state index contributed by atoms with van der Waals surface area (Å²) < 4.78 is 44.0. The summed E-state index contributed by atoms with van der Waals surface area (Å²) in [4.78, 5) is 0.109. The molecule has 0 aliphatic carbocycles. The molecule has 0 radical (unpaired) electrons. The molecule has 0 amide bonds. The molecule has 1 atom stereocenters. The van der Waals surface area contributed by atoms with Crippen LogP contribution >= 0.6 is 0 Å². The Labute approximate surface area is 154 Å². The molecule has 2 aromatic rings. The summed E-state index contributed by atoms with van der Waals surface area (Å²) in [6.45, 7) is 2.30. The van der Waals surface area contributed by atoms with E-state index in [1.807, 2.05) is 25.1 Å². The Hall–Kier alpha value is -2.25. The molecule has 1 unspecified atom stereocenters. The fourth-order valence-corrected chi connectivity index (χ4v) is 5.12. The van der Waals surface area contributed by atoms with Crippen molar-refractivity contribution in [3.8, 4) is 17.2 Å². The van der Waals surface area contributed by atoms with Gasteiger partial charge in [0.2, 0.25) is 10.0 Å². The smallest absolute Gasteiger partial charge is 0.247 e. The summed E-state index contributed by atoms with van der Waals surface area (Å²) in [7, 11) is 0.804. The van der Waals surface area contributed by atoms with Gasteiger partial charge >= 0.3 is 0 Å². The van der Waals surface area contributed by atoms with Crippen molar-refractivity contribution in [2.75, 3.05) is 27.9 Å². The average molecular weight is 377 g/mol. The molecule has 6 nitrogen and oxygen atoms in total. The van der Waals surface area contributed by atoms with Crippen LogP contribution < -0.4 is 14.2 Å². The van der Waals surface area contributed by atoms with Crippen LogP contribution in [-0.2, 0) is 16.4 Å². The number of nitrogens with zero attached hydrogens (tertiary/aromatic N) is 1. The Balaban J connectivity index is 2.05. The average Bonchev–Trinajstić information content (AvgIpc) is 2.67. The molecule has 140 valence electrons. The van der Waals surface area contributed by atoms with Crippen molar-refractivity contribution in [3.05, 3.63) is 47.5 Å². The molecule has 1 aliphatic rings. The third-order valence-corrected chi connectivity index (χ3v) is 6.79. The third kappa shape index (κ3) is 3.12. The van der Waals surface area contributed by atoms with Crippen LogP contribution in [0.25, 0.3) is 0 Å². The van der Waals surface area contributed by atoms with E-state index >= 15 is 0 Å². The Morgan fingerprint density at radius 3 is 2.27 bits per heavy atom. The fourth-order valence-electron chi connectivity index (χ4n) is 3.34. The van der Waals surface area contributed by atoms with Crippen molar-refractivity contribution in [2.45, 2.75) is 24.3 Å². The van der Waals surface area contributed by atoms with E-state index in [2.05, 4.69) is 0 Å². The highest BCUT2D eigenvalue weighted by atomic mass is 32.2. The van der Waals surface area contributed by atoms with Gasteiger partial charge in [0, 0.05) is 18.7 Å². The fraction of sp³-hybridized carbons (Fsp3) is 0.368. The molecule has 1 heterocycles. The highest BCUT2D eigenvalue weighted by Crippen LogP contribution is 2.38. The number of benzene rings is 2. The molecule has 0 saturated heterocycles. The quantitative estimate of drug-likeness (QED) is 0.801. The summed E-state index contributed by atoms with van der Waals surface area (Å²) >= 11 is 0. The maximum absolute atomic E-state index is 13.4. The molecule has 2 aromatic carbocycles. The van der Waals surface area contributed by atoms with Gasteiger partial charge in [0.05, 0.1) is 21.3 Å². The lowest BCUT2D eigenvalue weighted by Crippen LogP contribution is -2.39. The maximum Gasteiger partial charge on any atom is 0.247 e. The molecule has 0 fully saturated rings. The molecular formula is C19H23NO5S. The molecule has 0 spiro atoms. The van der Waals surface area contributed by atoms with E-state index < -0.39 is 10.0 Å². The van der Waals surface area contributed by atoms with Crippen LogP contribution in [0.15, 0.2) is 41.3 Å². The van der Waals surface area contributed by atoms with E-state index in [0.29, 0.717) is 30.2 Å². The number of fused-ring (bicyclic) bond motifs is 1. The van der Waals surface area contributed by atoms with Crippen LogP contribution in [0.1, 0.15) is 24.1 Å². The molecule has 3 rings (SSSR count). The molecule has 1 aliphatic heterocycles. The van der Waals surface area contributed by atoms with Gasteiger partial charge in [-0.1, -0.05) is 6.07 Å². The minimum Gasteiger partial charge on any atom is -0.497 e. The lowest BCUT2D eigenvalue weighted by Gasteiger charge is -2.34. The number of rotatable bonds is 5. The predicted octanol–water partition coefficient (Wildman–Crippen LogP) is 3.02. The first-order chi connectivity index (χ1) is 12.4.